The van der Waals surface area contributed by atoms with E-state index in [0.29, 0.717) is 12.4 Å². The first-order chi connectivity index (χ1) is 11.6. The van der Waals surface area contributed by atoms with Crippen molar-refractivity contribution in [1.29, 1.82) is 0 Å². The maximum Gasteiger partial charge on any atom is 0.349 e. The standard InChI is InChI=1S/C17H17NO6/c1-2-11-22-14-7-9-15(10-8-14)23-12-17(19)24-16-5-3-13(4-6-16)18(20)21/h3-10H,2,11-12H2,1H3. The highest BCUT2D eigenvalue weighted by Crippen LogP contribution is 2.19. The molecule has 2 aromatic carbocycles. The summed E-state index contributed by atoms with van der Waals surface area (Å²) >= 11 is 0. The zero-order chi connectivity index (χ0) is 17.4. The van der Waals surface area contributed by atoms with Crippen LogP contribution >= 0.6 is 0 Å². The van der Waals surface area contributed by atoms with Crippen LogP contribution in [0, 0.1) is 10.1 Å². The first kappa shape index (κ1) is 17.3. The van der Waals surface area contributed by atoms with Crippen LogP contribution in [-0.4, -0.2) is 24.1 Å². The fourth-order valence-electron chi connectivity index (χ4n) is 1.79. The Morgan fingerprint density at radius 3 is 2.04 bits per heavy atom. The Hall–Kier alpha value is -3.09. The summed E-state index contributed by atoms with van der Waals surface area (Å²) in [6.07, 6.45) is 0.923. The second-order valence-electron chi connectivity index (χ2n) is 4.83. The van der Waals surface area contributed by atoms with Gasteiger partial charge in [-0.25, -0.2) is 4.79 Å². The lowest BCUT2D eigenvalue weighted by Crippen LogP contribution is -2.17. The number of nitro benzene ring substituents is 1. The normalized spacial score (nSPS) is 10.0. The van der Waals surface area contributed by atoms with E-state index < -0.39 is 10.9 Å². The van der Waals surface area contributed by atoms with Crippen LogP contribution in [0.15, 0.2) is 48.5 Å². The average molecular weight is 331 g/mol. The van der Waals surface area contributed by atoms with Gasteiger partial charge >= 0.3 is 5.97 Å². The third-order valence-electron chi connectivity index (χ3n) is 2.93. The van der Waals surface area contributed by atoms with Gasteiger partial charge in [-0.2, -0.15) is 0 Å². The Bertz CT molecular complexity index is 681. The highest BCUT2D eigenvalue weighted by molar-refractivity contribution is 5.74. The molecule has 0 N–H and O–H groups in total. The van der Waals surface area contributed by atoms with Gasteiger partial charge in [-0.1, -0.05) is 6.92 Å². The van der Waals surface area contributed by atoms with Gasteiger partial charge in [0.25, 0.3) is 5.69 Å². The van der Waals surface area contributed by atoms with Crippen molar-refractivity contribution < 1.29 is 23.9 Å². The van der Waals surface area contributed by atoms with Crippen LogP contribution in [0.4, 0.5) is 5.69 Å². The molecule has 0 aliphatic rings. The van der Waals surface area contributed by atoms with Crippen LogP contribution in [0.25, 0.3) is 0 Å². The maximum atomic E-state index is 11.7. The first-order valence-corrected chi connectivity index (χ1v) is 7.39. The molecule has 7 nitrogen and oxygen atoms in total. The molecule has 24 heavy (non-hydrogen) atoms. The molecule has 0 amide bonds. The van der Waals surface area contributed by atoms with Crippen LogP contribution in [-0.2, 0) is 4.79 Å². The van der Waals surface area contributed by atoms with Gasteiger partial charge in [0, 0.05) is 12.1 Å². The number of esters is 1. The lowest BCUT2D eigenvalue weighted by Gasteiger charge is -2.08. The Balaban J connectivity index is 1.81. The van der Waals surface area contributed by atoms with Crippen LogP contribution in [0.3, 0.4) is 0 Å². The van der Waals surface area contributed by atoms with Crippen molar-refractivity contribution in [2.75, 3.05) is 13.2 Å². The number of benzene rings is 2. The van der Waals surface area contributed by atoms with Gasteiger partial charge in [0.2, 0.25) is 0 Å². The number of non-ortho nitro benzene ring substituents is 1. The summed E-state index contributed by atoms with van der Waals surface area (Å²) < 4.78 is 15.8. The monoisotopic (exact) mass is 331 g/mol. The maximum absolute atomic E-state index is 11.7. The van der Waals surface area contributed by atoms with Crippen LogP contribution in [0.5, 0.6) is 17.2 Å². The third-order valence-corrected chi connectivity index (χ3v) is 2.93. The molecule has 2 aromatic rings. The van der Waals surface area contributed by atoms with E-state index in [1.165, 1.54) is 24.3 Å². The van der Waals surface area contributed by atoms with Crippen LogP contribution in [0.2, 0.25) is 0 Å². The molecule has 0 saturated heterocycles. The predicted octanol–water partition coefficient (Wildman–Crippen LogP) is 3.37. The molecule has 0 saturated carbocycles. The molecular weight excluding hydrogens is 314 g/mol. The molecule has 0 radical (unpaired) electrons. The number of nitrogens with zero attached hydrogens (tertiary/aromatic N) is 1. The van der Waals surface area contributed by atoms with Gasteiger partial charge in [-0.05, 0) is 42.8 Å². The highest BCUT2D eigenvalue weighted by Gasteiger charge is 2.09. The fourth-order valence-corrected chi connectivity index (χ4v) is 1.79. The van der Waals surface area contributed by atoms with Gasteiger partial charge < -0.3 is 14.2 Å². The summed E-state index contributed by atoms with van der Waals surface area (Å²) in [5, 5.41) is 10.5. The Labute approximate surface area is 138 Å². The number of rotatable bonds is 8. The first-order valence-electron chi connectivity index (χ1n) is 7.39. The van der Waals surface area contributed by atoms with E-state index in [-0.39, 0.29) is 18.0 Å². The number of carbonyl (C=O) groups is 1. The Morgan fingerprint density at radius 2 is 1.50 bits per heavy atom. The second-order valence-corrected chi connectivity index (χ2v) is 4.83. The molecular formula is C17H17NO6. The topological polar surface area (TPSA) is 87.9 Å². The molecule has 0 spiro atoms. The predicted molar refractivity (Wildman–Crippen MR) is 86.5 cm³/mol. The molecule has 2 rings (SSSR count). The van der Waals surface area contributed by atoms with Gasteiger partial charge in [-0.15, -0.1) is 0 Å². The molecule has 0 aliphatic carbocycles. The third kappa shape index (κ3) is 5.28. The van der Waals surface area contributed by atoms with E-state index in [4.69, 9.17) is 14.2 Å². The van der Waals surface area contributed by atoms with E-state index >= 15 is 0 Å². The average Bonchev–Trinajstić information content (AvgIpc) is 2.59. The molecule has 0 fully saturated rings. The molecule has 0 heterocycles. The number of carbonyl (C=O) groups excluding carboxylic acids is 1. The minimum Gasteiger partial charge on any atom is -0.494 e. The van der Waals surface area contributed by atoms with Crippen LogP contribution < -0.4 is 14.2 Å². The van der Waals surface area contributed by atoms with E-state index in [0.717, 1.165) is 12.2 Å². The minimum atomic E-state index is -0.602. The molecule has 126 valence electrons. The lowest BCUT2D eigenvalue weighted by atomic mass is 10.3. The highest BCUT2D eigenvalue weighted by atomic mass is 16.6. The molecule has 7 heteroatoms. The van der Waals surface area contributed by atoms with Crippen molar-refractivity contribution in [2.24, 2.45) is 0 Å². The summed E-state index contributed by atoms with van der Waals surface area (Å²) in [7, 11) is 0. The number of nitro groups is 1. The summed E-state index contributed by atoms with van der Waals surface area (Å²) in [6.45, 7) is 2.39. The van der Waals surface area contributed by atoms with Crippen molar-refractivity contribution in [2.45, 2.75) is 13.3 Å². The van der Waals surface area contributed by atoms with Crippen molar-refractivity contribution in [1.82, 2.24) is 0 Å². The second kappa shape index (κ2) is 8.52. The van der Waals surface area contributed by atoms with E-state index in [1.807, 2.05) is 6.92 Å². The molecule has 0 atom stereocenters. The summed E-state index contributed by atoms with van der Waals surface area (Å²) in [5.41, 5.74) is -0.0727. The van der Waals surface area contributed by atoms with Crippen molar-refractivity contribution in [3.05, 3.63) is 58.6 Å². The fraction of sp³-hybridized carbons (Fsp3) is 0.235. The van der Waals surface area contributed by atoms with E-state index in [9.17, 15) is 14.9 Å². The quantitative estimate of drug-likeness (QED) is 0.319. The lowest BCUT2D eigenvalue weighted by molar-refractivity contribution is -0.384. The van der Waals surface area contributed by atoms with Crippen molar-refractivity contribution in [3.8, 4) is 17.2 Å². The zero-order valence-corrected chi connectivity index (χ0v) is 13.1. The summed E-state index contributed by atoms with van der Waals surface area (Å²) in [6, 6.07) is 12.1. The van der Waals surface area contributed by atoms with Crippen molar-refractivity contribution in [3.63, 3.8) is 0 Å². The molecule has 0 unspecified atom stereocenters. The Kier molecular flexibility index (Phi) is 6.13. The van der Waals surface area contributed by atoms with Gasteiger partial charge in [0.1, 0.15) is 17.2 Å². The summed E-state index contributed by atoms with van der Waals surface area (Å²) in [5.74, 6) is 0.866. The molecule has 0 bridgehead atoms. The van der Waals surface area contributed by atoms with E-state index in [2.05, 4.69) is 0 Å². The number of ether oxygens (including phenoxy) is 3. The molecule has 0 aromatic heterocycles. The largest absolute Gasteiger partial charge is 0.494 e. The van der Waals surface area contributed by atoms with Crippen molar-refractivity contribution >= 4 is 11.7 Å². The molecule has 0 aliphatic heterocycles. The smallest absolute Gasteiger partial charge is 0.349 e. The number of hydrogen-bond acceptors (Lipinski definition) is 6. The van der Waals surface area contributed by atoms with E-state index in [1.54, 1.807) is 24.3 Å². The Morgan fingerprint density at radius 1 is 0.958 bits per heavy atom. The van der Waals surface area contributed by atoms with Crippen LogP contribution in [0.1, 0.15) is 13.3 Å². The van der Waals surface area contributed by atoms with Gasteiger partial charge in [0.15, 0.2) is 6.61 Å². The summed E-state index contributed by atoms with van der Waals surface area (Å²) in [4.78, 5) is 21.7. The minimum absolute atomic E-state index is 0.0727. The zero-order valence-electron chi connectivity index (χ0n) is 13.1. The SMILES string of the molecule is CCCOc1ccc(OCC(=O)Oc2ccc([N+](=O)[O-])cc2)cc1. The van der Waals surface area contributed by atoms with Gasteiger partial charge in [-0.3, -0.25) is 10.1 Å². The van der Waals surface area contributed by atoms with Gasteiger partial charge in [0.05, 0.1) is 11.5 Å². The number of hydrogen-bond donors (Lipinski definition) is 0.